The Hall–Kier alpha value is -0.120. The van der Waals surface area contributed by atoms with Crippen molar-refractivity contribution in [1.29, 1.82) is 0 Å². The quantitative estimate of drug-likeness (QED) is 0.837. The van der Waals surface area contributed by atoms with E-state index in [9.17, 15) is 0 Å². The summed E-state index contributed by atoms with van der Waals surface area (Å²) in [7, 11) is 0. The van der Waals surface area contributed by atoms with Crippen LogP contribution in [0.15, 0.2) is 0 Å². The zero-order valence-electron chi connectivity index (χ0n) is 11.4. The van der Waals surface area contributed by atoms with Gasteiger partial charge >= 0.3 is 0 Å². The Kier molecular flexibility index (Phi) is 3.92. The van der Waals surface area contributed by atoms with E-state index >= 15 is 0 Å². The fourth-order valence-corrected chi connectivity index (χ4v) is 4.29. The van der Waals surface area contributed by atoms with Gasteiger partial charge in [-0.05, 0) is 51.0 Å². The molecular formula is C15H27NO2. The highest BCUT2D eigenvalue weighted by atomic mass is 16.5. The van der Waals surface area contributed by atoms with Crippen LogP contribution in [0.5, 0.6) is 0 Å². The topological polar surface area (TPSA) is 32.7 Å². The minimum atomic E-state index is 0.248. The zero-order chi connectivity index (χ0) is 12.4. The van der Waals surface area contributed by atoms with Gasteiger partial charge in [-0.15, -0.1) is 0 Å². The number of hydrogen-bond acceptors (Lipinski definition) is 3. The lowest BCUT2D eigenvalue weighted by Gasteiger charge is -2.42. The van der Waals surface area contributed by atoms with Gasteiger partial charge < -0.3 is 9.84 Å². The molecule has 18 heavy (non-hydrogen) atoms. The molecule has 3 rings (SSSR count). The first-order valence-corrected chi connectivity index (χ1v) is 7.80. The maximum absolute atomic E-state index is 9.05. The molecule has 0 aromatic heterocycles. The third kappa shape index (κ3) is 2.59. The van der Waals surface area contributed by atoms with E-state index in [-0.39, 0.29) is 5.60 Å². The van der Waals surface area contributed by atoms with Crippen molar-refractivity contribution in [3.63, 3.8) is 0 Å². The summed E-state index contributed by atoms with van der Waals surface area (Å²) in [6.45, 7) is 3.77. The molecule has 0 aromatic rings. The van der Waals surface area contributed by atoms with Gasteiger partial charge in [-0.25, -0.2) is 0 Å². The largest absolute Gasteiger partial charge is 0.396 e. The Morgan fingerprint density at radius 3 is 2.83 bits per heavy atom. The Balaban J connectivity index is 1.56. The maximum Gasteiger partial charge on any atom is 0.0697 e. The average molecular weight is 253 g/mol. The number of hydrogen-bond donors (Lipinski definition) is 1. The van der Waals surface area contributed by atoms with Crippen molar-refractivity contribution in [2.75, 3.05) is 26.3 Å². The lowest BCUT2D eigenvalue weighted by atomic mass is 9.88. The number of aliphatic hydroxyl groups is 1. The minimum absolute atomic E-state index is 0.248. The smallest absolute Gasteiger partial charge is 0.0697 e. The molecule has 2 saturated heterocycles. The van der Waals surface area contributed by atoms with E-state index in [0.717, 1.165) is 25.0 Å². The number of rotatable bonds is 3. The van der Waals surface area contributed by atoms with Crippen LogP contribution in [-0.2, 0) is 4.74 Å². The van der Waals surface area contributed by atoms with Gasteiger partial charge in [0, 0.05) is 25.8 Å². The van der Waals surface area contributed by atoms with Crippen molar-refractivity contribution >= 4 is 0 Å². The number of ether oxygens (including phenoxy) is 1. The van der Waals surface area contributed by atoms with E-state index < -0.39 is 0 Å². The second kappa shape index (κ2) is 5.48. The molecule has 2 heterocycles. The standard InChI is InChI=1S/C15H27NO2/c17-9-4-13-3-8-16(12-13)14-5-10-18-15(11-14)6-1-2-7-15/h13-14,17H,1-12H2. The average Bonchev–Trinajstić information content (AvgIpc) is 3.00. The second-order valence-corrected chi connectivity index (χ2v) is 6.55. The molecule has 1 N–H and O–H groups in total. The number of likely N-dealkylation sites (tertiary alicyclic amines) is 1. The van der Waals surface area contributed by atoms with Gasteiger partial charge in [-0.2, -0.15) is 0 Å². The van der Waals surface area contributed by atoms with Crippen LogP contribution in [0.2, 0.25) is 0 Å². The summed E-state index contributed by atoms with van der Waals surface area (Å²) in [4.78, 5) is 2.68. The van der Waals surface area contributed by atoms with E-state index in [4.69, 9.17) is 9.84 Å². The predicted octanol–water partition coefficient (Wildman–Crippen LogP) is 2.18. The van der Waals surface area contributed by atoms with Crippen LogP contribution in [0.25, 0.3) is 0 Å². The maximum atomic E-state index is 9.05. The lowest BCUT2D eigenvalue weighted by Crippen LogP contribution is -2.46. The fourth-order valence-electron chi connectivity index (χ4n) is 4.29. The van der Waals surface area contributed by atoms with Crippen LogP contribution in [0, 0.1) is 5.92 Å². The molecule has 3 nitrogen and oxygen atoms in total. The summed E-state index contributed by atoms with van der Waals surface area (Å²) < 4.78 is 6.12. The Morgan fingerprint density at radius 2 is 2.06 bits per heavy atom. The van der Waals surface area contributed by atoms with Gasteiger partial charge in [0.05, 0.1) is 5.60 Å². The van der Waals surface area contributed by atoms with Crippen LogP contribution in [0.3, 0.4) is 0 Å². The first-order chi connectivity index (χ1) is 8.81. The molecule has 2 unspecified atom stereocenters. The van der Waals surface area contributed by atoms with Gasteiger partial charge in [-0.3, -0.25) is 4.90 Å². The summed E-state index contributed by atoms with van der Waals surface area (Å²) >= 11 is 0. The minimum Gasteiger partial charge on any atom is -0.396 e. The summed E-state index contributed by atoms with van der Waals surface area (Å²) in [5.41, 5.74) is 0.248. The van der Waals surface area contributed by atoms with E-state index in [1.807, 2.05) is 0 Å². The summed E-state index contributed by atoms with van der Waals surface area (Å²) in [6.07, 6.45) is 10.1. The van der Waals surface area contributed by atoms with Crippen molar-refractivity contribution in [3.8, 4) is 0 Å². The van der Waals surface area contributed by atoms with E-state index in [1.54, 1.807) is 0 Å². The molecular weight excluding hydrogens is 226 g/mol. The fraction of sp³-hybridized carbons (Fsp3) is 1.00. The number of nitrogens with zero attached hydrogens (tertiary/aromatic N) is 1. The molecule has 104 valence electrons. The Labute approximate surface area is 110 Å². The van der Waals surface area contributed by atoms with Crippen LogP contribution in [0.4, 0.5) is 0 Å². The second-order valence-electron chi connectivity index (χ2n) is 6.55. The van der Waals surface area contributed by atoms with Crippen molar-refractivity contribution < 1.29 is 9.84 Å². The van der Waals surface area contributed by atoms with E-state index in [2.05, 4.69) is 4.90 Å². The first-order valence-electron chi connectivity index (χ1n) is 7.80. The van der Waals surface area contributed by atoms with Crippen LogP contribution in [-0.4, -0.2) is 48.0 Å². The summed E-state index contributed by atoms with van der Waals surface area (Å²) in [5, 5.41) is 9.05. The summed E-state index contributed by atoms with van der Waals surface area (Å²) in [6, 6.07) is 0.751. The normalized spacial score (nSPS) is 36.5. The van der Waals surface area contributed by atoms with Gasteiger partial charge in [0.25, 0.3) is 0 Å². The van der Waals surface area contributed by atoms with Gasteiger partial charge in [0.1, 0.15) is 0 Å². The van der Waals surface area contributed by atoms with Crippen molar-refractivity contribution in [1.82, 2.24) is 4.90 Å². The van der Waals surface area contributed by atoms with E-state index in [0.29, 0.717) is 6.61 Å². The van der Waals surface area contributed by atoms with Gasteiger partial charge in [0.15, 0.2) is 0 Å². The van der Waals surface area contributed by atoms with E-state index in [1.165, 1.54) is 58.0 Å². The van der Waals surface area contributed by atoms with Crippen molar-refractivity contribution in [2.45, 2.75) is 63.0 Å². The van der Waals surface area contributed by atoms with Crippen LogP contribution >= 0.6 is 0 Å². The predicted molar refractivity (Wildman–Crippen MR) is 71.6 cm³/mol. The molecule has 1 spiro atoms. The lowest BCUT2D eigenvalue weighted by molar-refractivity contribution is -0.0995. The SMILES string of the molecule is OCCC1CCN(C2CCOC3(CCCC3)C2)C1. The molecule has 0 bridgehead atoms. The molecule has 3 heteroatoms. The third-order valence-corrected chi connectivity index (χ3v) is 5.35. The highest BCUT2D eigenvalue weighted by Gasteiger charge is 2.42. The molecule has 2 aliphatic heterocycles. The molecule has 1 aliphatic carbocycles. The summed E-state index contributed by atoms with van der Waals surface area (Å²) in [5.74, 6) is 0.734. The molecule has 3 aliphatic rings. The third-order valence-electron chi connectivity index (χ3n) is 5.35. The molecule has 1 saturated carbocycles. The zero-order valence-corrected chi connectivity index (χ0v) is 11.4. The van der Waals surface area contributed by atoms with Crippen LogP contribution in [0.1, 0.15) is 51.4 Å². The molecule has 0 amide bonds. The van der Waals surface area contributed by atoms with Crippen molar-refractivity contribution in [3.05, 3.63) is 0 Å². The Morgan fingerprint density at radius 1 is 1.22 bits per heavy atom. The first kappa shape index (κ1) is 12.9. The van der Waals surface area contributed by atoms with Crippen molar-refractivity contribution in [2.24, 2.45) is 5.92 Å². The highest BCUT2D eigenvalue weighted by molar-refractivity contribution is 4.95. The highest BCUT2D eigenvalue weighted by Crippen LogP contribution is 2.42. The van der Waals surface area contributed by atoms with Gasteiger partial charge in [-0.1, -0.05) is 12.8 Å². The molecule has 0 radical (unpaired) electrons. The monoisotopic (exact) mass is 253 g/mol. The van der Waals surface area contributed by atoms with Gasteiger partial charge in [0.2, 0.25) is 0 Å². The Bertz CT molecular complexity index is 276. The molecule has 0 aromatic carbocycles. The molecule has 2 atom stereocenters. The van der Waals surface area contributed by atoms with Crippen LogP contribution < -0.4 is 0 Å². The molecule has 3 fully saturated rings. The number of aliphatic hydroxyl groups excluding tert-OH is 1.